The number of benzene rings is 3. The highest BCUT2D eigenvalue weighted by molar-refractivity contribution is 5.85. The Morgan fingerprint density at radius 2 is 1.59 bits per heavy atom. The van der Waals surface area contributed by atoms with Gasteiger partial charge in [0.15, 0.2) is 0 Å². The molecule has 0 spiro atoms. The lowest BCUT2D eigenvalue weighted by Crippen LogP contribution is -2.43. The van der Waals surface area contributed by atoms with E-state index >= 15 is 0 Å². The van der Waals surface area contributed by atoms with Gasteiger partial charge >= 0.3 is 12.1 Å². The van der Waals surface area contributed by atoms with Gasteiger partial charge in [0.1, 0.15) is 12.6 Å². The lowest BCUT2D eigenvalue weighted by molar-refractivity contribution is -0.139. The number of aromatic nitrogens is 1. The van der Waals surface area contributed by atoms with E-state index < -0.39 is 18.1 Å². The highest BCUT2D eigenvalue weighted by Crippen LogP contribution is 2.44. The topological polar surface area (TPSA) is 88.5 Å². The molecule has 1 unspecified atom stereocenters. The third-order valence-electron chi connectivity index (χ3n) is 6.29. The lowest BCUT2D eigenvalue weighted by atomic mass is 9.98. The molecule has 4 aromatic rings. The second-order valence-electron chi connectivity index (χ2n) is 8.50. The van der Waals surface area contributed by atoms with Gasteiger partial charge in [-0.2, -0.15) is 0 Å². The van der Waals surface area contributed by atoms with E-state index in [1.54, 1.807) is 0 Å². The van der Waals surface area contributed by atoms with Crippen molar-refractivity contribution >= 4 is 23.0 Å². The maximum Gasteiger partial charge on any atom is 0.407 e. The van der Waals surface area contributed by atoms with E-state index in [1.165, 1.54) is 0 Å². The van der Waals surface area contributed by atoms with Crippen molar-refractivity contribution in [1.29, 1.82) is 0 Å². The molecule has 1 amide bonds. The van der Waals surface area contributed by atoms with Crippen molar-refractivity contribution in [3.05, 3.63) is 101 Å². The zero-order chi connectivity index (χ0) is 23.7. The fourth-order valence-corrected chi connectivity index (χ4v) is 4.77. The minimum atomic E-state index is -1.12. The van der Waals surface area contributed by atoms with Gasteiger partial charge in [0.05, 0.1) is 5.52 Å². The number of aliphatic carboxylic acids is 1. The molecule has 1 aromatic heterocycles. The second-order valence-corrected chi connectivity index (χ2v) is 8.50. The van der Waals surface area contributed by atoms with Crippen LogP contribution >= 0.6 is 0 Å². The normalized spacial score (nSPS) is 13.2. The van der Waals surface area contributed by atoms with Crippen LogP contribution in [-0.4, -0.2) is 34.8 Å². The number of carboxylic acid groups (broad SMARTS) is 1. The molecule has 6 nitrogen and oxygen atoms in total. The number of pyridine rings is 1. The Balaban J connectivity index is 1.31. The molecule has 1 aliphatic carbocycles. The largest absolute Gasteiger partial charge is 0.480 e. The number of ether oxygens (including phenoxy) is 1. The lowest BCUT2D eigenvalue weighted by Gasteiger charge is -2.18. The molecule has 34 heavy (non-hydrogen) atoms. The van der Waals surface area contributed by atoms with E-state index in [-0.39, 0.29) is 18.9 Å². The summed E-state index contributed by atoms with van der Waals surface area (Å²) in [6, 6.07) is 24.4. The minimum Gasteiger partial charge on any atom is -0.480 e. The molecule has 170 valence electrons. The average molecular weight is 453 g/mol. The van der Waals surface area contributed by atoms with Crippen LogP contribution in [0.15, 0.2) is 78.9 Å². The summed E-state index contributed by atoms with van der Waals surface area (Å²) >= 11 is 0. The van der Waals surface area contributed by atoms with Gasteiger partial charge in [-0.15, -0.1) is 0 Å². The summed E-state index contributed by atoms with van der Waals surface area (Å²) in [7, 11) is 0. The van der Waals surface area contributed by atoms with Crippen LogP contribution in [0.4, 0.5) is 4.79 Å². The number of carbonyl (C=O) groups is 2. The average Bonchev–Trinajstić information content (AvgIpc) is 3.16. The van der Waals surface area contributed by atoms with Crippen molar-refractivity contribution in [3.8, 4) is 11.1 Å². The van der Waals surface area contributed by atoms with E-state index in [4.69, 9.17) is 4.74 Å². The molecule has 0 bridgehead atoms. The highest BCUT2D eigenvalue weighted by Gasteiger charge is 2.30. The van der Waals surface area contributed by atoms with Crippen molar-refractivity contribution < 1.29 is 19.4 Å². The smallest absolute Gasteiger partial charge is 0.407 e. The Morgan fingerprint density at radius 1 is 0.971 bits per heavy atom. The summed E-state index contributed by atoms with van der Waals surface area (Å²) in [6.45, 7) is 1.99. The van der Waals surface area contributed by atoms with Crippen LogP contribution in [0.2, 0.25) is 0 Å². The Morgan fingerprint density at radius 3 is 2.26 bits per heavy atom. The maximum atomic E-state index is 12.7. The van der Waals surface area contributed by atoms with E-state index in [0.29, 0.717) is 0 Å². The molecule has 0 aliphatic heterocycles. The number of hydrogen-bond acceptors (Lipinski definition) is 4. The monoisotopic (exact) mass is 452 g/mol. The van der Waals surface area contributed by atoms with Crippen LogP contribution in [0.25, 0.3) is 22.0 Å². The van der Waals surface area contributed by atoms with Gasteiger partial charge in [-0.3, -0.25) is 4.98 Å². The Hall–Kier alpha value is -4.19. The second kappa shape index (κ2) is 8.98. The molecule has 0 saturated carbocycles. The van der Waals surface area contributed by atoms with Crippen LogP contribution < -0.4 is 5.32 Å². The highest BCUT2D eigenvalue weighted by atomic mass is 16.5. The number of carbonyl (C=O) groups excluding carboxylic acids is 1. The summed E-state index contributed by atoms with van der Waals surface area (Å²) < 4.78 is 5.54. The molecule has 1 aliphatic rings. The van der Waals surface area contributed by atoms with Crippen molar-refractivity contribution in [1.82, 2.24) is 10.3 Å². The number of para-hydroxylation sites is 1. The Kier molecular flexibility index (Phi) is 5.72. The Labute approximate surface area is 197 Å². The van der Waals surface area contributed by atoms with Crippen LogP contribution in [0.3, 0.4) is 0 Å². The predicted molar refractivity (Wildman–Crippen MR) is 130 cm³/mol. The van der Waals surface area contributed by atoms with Gasteiger partial charge in [-0.25, -0.2) is 9.59 Å². The summed E-state index contributed by atoms with van der Waals surface area (Å²) in [5, 5.41) is 13.2. The predicted octanol–water partition coefficient (Wildman–Crippen LogP) is 5.08. The first-order chi connectivity index (χ1) is 16.5. The summed E-state index contributed by atoms with van der Waals surface area (Å²) in [6.07, 6.45) is -0.618. The standard InChI is InChI=1S/C28H24N2O4/c1-17-14-18(19-8-6-7-13-25(19)29-17)15-26(27(31)32)30-28(33)34-16-24-22-11-4-2-9-20(22)21-10-3-5-12-23(21)24/h2-14,24,26H,15-16H2,1H3,(H,30,33)(H,31,32). The number of fused-ring (bicyclic) bond motifs is 4. The number of alkyl carbamates (subject to hydrolysis) is 1. The first-order valence-electron chi connectivity index (χ1n) is 11.2. The molecule has 6 heteroatoms. The molecular formula is C28H24N2O4. The van der Waals surface area contributed by atoms with Gasteiger partial charge in [0, 0.05) is 23.4 Å². The third kappa shape index (κ3) is 4.10. The van der Waals surface area contributed by atoms with Crippen molar-refractivity contribution in [2.45, 2.75) is 25.3 Å². The minimum absolute atomic E-state index is 0.0896. The van der Waals surface area contributed by atoms with Crippen molar-refractivity contribution in [2.24, 2.45) is 0 Å². The van der Waals surface area contributed by atoms with Crippen molar-refractivity contribution in [2.75, 3.05) is 6.61 Å². The van der Waals surface area contributed by atoms with Crippen LogP contribution in [0.5, 0.6) is 0 Å². The number of aryl methyl sites for hydroxylation is 1. The fourth-order valence-electron chi connectivity index (χ4n) is 4.77. The van der Waals surface area contributed by atoms with Gasteiger partial charge in [0.25, 0.3) is 0 Å². The van der Waals surface area contributed by atoms with Gasteiger partial charge < -0.3 is 15.2 Å². The molecular weight excluding hydrogens is 428 g/mol. The van der Waals surface area contributed by atoms with E-state index in [9.17, 15) is 14.7 Å². The maximum absolute atomic E-state index is 12.7. The third-order valence-corrected chi connectivity index (χ3v) is 6.29. The van der Waals surface area contributed by atoms with Crippen molar-refractivity contribution in [3.63, 3.8) is 0 Å². The van der Waals surface area contributed by atoms with E-state index in [1.807, 2.05) is 73.7 Å². The SMILES string of the molecule is Cc1cc(CC(NC(=O)OCC2c3ccccc3-c3ccccc32)C(=O)O)c2ccccc2n1. The van der Waals surface area contributed by atoms with Gasteiger partial charge in [-0.1, -0.05) is 66.7 Å². The molecule has 1 atom stereocenters. The number of nitrogens with one attached hydrogen (secondary N) is 1. The fraction of sp³-hybridized carbons (Fsp3) is 0.179. The zero-order valence-corrected chi connectivity index (χ0v) is 18.7. The molecule has 1 heterocycles. The summed E-state index contributed by atoms with van der Waals surface area (Å²) in [4.78, 5) is 29.1. The first kappa shape index (κ1) is 21.6. The number of rotatable bonds is 6. The quantitative estimate of drug-likeness (QED) is 0.426. The number of nitrogens with zero attached hydrogens (tertiary/aromatic N) is 1. The van der Waals surface area contributed by atoms with E-state index in [2.05, 4.69) is 22.4 Å². The molecule has 0 saturated heterocycles. The van der Waals surface area contributed by atoms with Crippen LogP contribution in [-0.2, 0) is 16.0 Å². The summed E-state index contributed by atoms with van der Waals surface area (Å²) in [5.41, 5.74) is 6.87. The zero-order valence-electron chi connectivity index (χ0n) is 18.7. The molecule has 0 fully saturated rings. The molecule has 2 N–H and O–H groups in total. The molecule has 0 radical (unpaired) electrons. The Bertz CT molecular complexity index is 1350. The summed E-state index contributed by atoms with van der Waals surface area (Å²) in [5.74, 6) is -1.21. The molecule has 3 aromatic carbocycles. The van der Waals surface area contributed by atoms with Gasteiger partial charge in [0.2, 0.25) is 0 Å². The van der Waals surface area contributed by atoms with Crippen LogP contribution in [0, 0.1) is 6.92 Å². The van der Waals surface area contributed by atoms with E-state index in [0.717, 1.165) is 44.4 Å². The number of hydrogen-bond donors (Lipinski definition) is 2. The van der Waals surface area contributed by atoms with Crippen LogP contribution in [0.1, 0.15) is 28.3 Å². The number of amides is 1. The molecule has 5 rings (SSSR count). The first-order valence-corrected chi connectivity index (χ1v) is 11.2. The van der Waals surface area contributed by atoms with Gasteiger partial charge in [-0.05, 0) is 46.9 Å². The number of carboxylic acids is 1.